The summed E-state index contributed by atoms with van der Waals surface area (Å²) in [6.45, 7) is 4.87. The summed E-state index contributed by atoms with van der Waals surface area (Å²) in [5, 5.41) is 10.8. The first-order valence-electron chi connectivity index (χ1n) is 9.44. The summed E-state index contributed by atoms with van der Waals surface area (Å²) in [5.74, 6) is 0.135. The van der Waals surface area contributed by atoms with Crippen LogP contribution in [-0.4, -0.2) is 36.7 Å². The zero-order valence-electron chi connectivity index (χ0n) is 16.3. The topological polar surface area (TPSA) is 84.1 Å². The summed E-state index contributed by atoms with van der Waals surface area (Å²) >= 11 is 0. The number of aliphatic hydroxyl groups excluding tert-OH is 1. The Bertz CT molecular complexity index is 1070. The quantitative estimate of drug-likeness (QED) is 0.731. The van der Waals surface area contributed by atoms with Crippen LogP contribution in [0.25, 0.3) is 11.4 Å². The molecule has 0 bridgehead atoms. The van der Waals surface area contributed by atoms with Crippen molar-refractivity contribution in [1.82, 2.24) is 19.5 Å². The Labute approximate surface area is 167 Å². The number of nitrogens with zero attached hydrogens (tertiary/aromatic N) is 5. The van der Waals surface area contributed by atoms with Crippen LogP contribution >= 0.6 is 0 Å². The Balaban J connectivity index is 1.75. The molecule has 1 aliphatic heterocycles. The molecule has 0 aliphatic carbocycles. The van der Waals surface area contributed by atoms with Crippen molar-refractivity contribution in [2.45, 2.75) is 38.5 Å². The van der Waals surface area contributed by atoms with Gasteiger partial charge in [0.2, 0.25) is 5.95 Å². The Morgan fingerprint density at radius 2 is 1.97 bits per heavy atom. The lowest BCUT2D eigenvalue weighted by Crippen LogP contribution is -2.53. The van der Waals surface area contributed by atoms with Crippen LogP contribution in [0.3, 0.4) is 0 Å². The first kappa shape index (κ1) is 19.2. The predicted molar refractivity (Wildman–Crippen MR) is 107 cm³/mol. The van der Waals surface area contributed by atoms with Crippen molar-refractivity contribution in [2.24, 2.45) is 0 Å². The average Bonchev–Trinajstić information content (AvgIpc) is 2.71. The van der Waals surface area contributed by atoms with E-state index >= 15 is 0 Å². The molecule has 2 aromatic heterocycles. The van der Waals surface area contributed by atoms with Gasteiger partial charge in [0.05, 0.1) is 24.0 Å². The number of halogens is 1. The molecule has 29 heavy (non-hydrogen) atoms. The molecule has 4 rings (SSSR count). The van der Waals surface area contributed by atoms with Gasteiger partial charge in [0.1, 0.15) is 12.1 Å². The molecule has 0 amide bonds. The van der Waals surface area contributed by atoms with E-state index < -0.39 is 6.10 Å². The molecule has 0 unspecified atom stereocenters. The highest BCUT2D eigenvalue weighted by Gasteiger charge is 2.36. The second-order valence-electron chi connectivity index (χ2n) is 7.77. The van der Waals surface area contributed by atoms with Crippen LogP contribution in [0.1, 0.15) is 31.9 Å². The molecule has 3 aromatic rings. The van der Waals surface area contributed by atoms with E-state index in [0.717, 1.165) is 6.42 Å². The second-order valence-corrected chi connectivity index (χ2v) is 7.77. The van der Waals surface area contributed by atoms with E-state index in [1.165, 1.54) is 24.5 Å². The molecule has 0 spiro atoms. The van der Waals surface area contributed by atoms with Crippen LogP contribution in [0.15, 0.2) is 53.7 Å². The van der Waals surface area contributed by atoms with Gasteiger partial charge in [-0.2, -0.15) is 0 Å². The number of aliphatic hydroxyl groups is 1. The summed E-state index contributed by atoms with van der Waals surface area (Å²) in [4.78, 5) is 27.5. The molecule has 7 nitrogen and oxygen atoms in total. The highest BCUT2D eigenvalue weighted by Crippen LogP contribution is 2.33. The maximum absolute atomic E-state index is 13.2. The SMILES string of the molecule is CC1(C)CCn2c(nc(-c3ccncn3)cc2=O)N1C[C@@H](O)c1ccc(F)cc1. The monoisotopic (exact) mass is 395 g/mol. The van der Waals surface area contributed by atoms with Gasteiger partial charge in [0, 0.05) is 24.3 Å². The minimum Gasteiger partial charge on any atom is -0.387 e. The fourth-order valence-electron chi connectivity index (χ4n) is 3.57. The third-order valence-corrected chi connectivity index (χ3v) is 5.36. The van der Waals surface area contributed by atoms with Crippen LogP contribution in [0.4, 0.5) is 10.3 Å². The lowest BCUT2D eigenvalue weighted by Gasteiger charge is -2.45. The summed E-state index contributed by atoms with van der Waals surface area (Å²) in [6, 6.07) is 8.94. The Morgan fingerprint density at radius 1 is 1.21 bits per heavy atom. The largest absolute Gasteiger partial charge is 0.387 e. The van der Waals surface area contributed by atoms with E-state index in [9.17, 15) is 14.3 Å². The van der Waals surface area contributed by atoms with Crippen LogP contribution < -0.4 is 10.5 Å². The van der Waals surface area contributed by atoms with Gasteiger partial charge in [-0.15, -0.1) is 0 Å². The third kappa shape index (κ3) is 3.75. The van der Waals surface area contributed by atoms with Crippen LogP contribution in [0.5, 0.6) is 0 Å². The smallest absolute Gasteiger partial charge is 0.255 e. The maximum atomic E-state index is 13.2. The first-order valence-corrected chi connectivity index (χ1v) is 9.44. The van der Waals surface area contributed by atoms with Crippen molar-refractivity contribution in [2.75, 3.05) is 11.4 Å². The molecule has 1 aliphatic rings. The van der Waals surface area contributed by atoms with Gasteiger partial charge in [-0.05, 0) is 44.0 Å². The Morgan fingerprint density at radius 3 is 2.66 bits per heavy atom. The number of hydrogen-bond acceptors (Lipinski definition) is 6. The Hall–Kier alpha value is -3.13. The van der Waals surface area contributed by atoms with Crippen molar-refractivity contribution in [3.05, 3.63) is 70.7 Å². The number of anilines is 1. The molecule has 1 N–H and O–H groups in total. The highest BCUT2D eigenvalue weighted by atomic mass is 19.1. The lowest BCUT2D eigenvalue weighted by molar-refractivity contribution is 0.168. The molecule has 0 radical (unpaired) electrons. The molecule has 150 valence electrons. The van der Waals surface area contributed by atoms with E-state index in [1.807, 2.05) is 4.90 Å². The standard InChI is InChI=1S/C21H22FN5O2/c1-21(2)8-10-26-19(29)11-17(16-7-9-23-13-24-16)25-20(26)27(21)12-18(28)14-3-5-15(22)6-4-14/h3-7,9,11,13,18,28H,8,10,12H2,1-2H3/t18-/m1/s1. The summed E-state index contributed by atoms with van der Waals surface area (Å²) in [6.07, 6.45) is 2.88. The molecule has 1 aromatic carbocycles. The number of benzene rings is 1. The van der Waals surface area contributed by atoms with Crippen molar-refractivity contribution < 1.29 is 9.50 Å². The zero-order chi connectivity index (χ0) is 20.6. The number of rotatable bonds is 4. The second kappa shape index (κ2) is 7.36. The van der Waals surface area contributed by atoms with Crippen molar-refractivity contribution in [3.8, 4) is 11.4 Å². The molecule has 0 fully saturated rings. The minimum absolute atomic E-state index is 0.166. The van der Waals surface area contributed by atoms with Gasteiger partial charge in [-0.3, -0.25) is 9.36 Å². The highest BCUT2D eigenvalue weighted by molar-refractivity contribution is 5.56. The van der Waals surface area contributed by atoms with E-state index in [2.05, 4.69) is 23.8 Å². The van der Waals surface area contributed by atoms with E-state index in [4.69, 9.17) is 4.98 Å². The van der Waals surface area contributed by atoms with Gasteiger partial charge in [0.25, 0.3) is 5.56 Å². The van der Waals surface area contributed by atoms with Crippen molar-refractivity contribution >= 4 is 5.95 Å². The summed E-state index contributed by atoms with van der Waals surface area (Å²) in [5.41, 5.74) is 1.13. The summed E-state index contributed by atoms with van der Waals surface area (Å²) < 4.78 is 14.8. The molecular weight excluding hydrogens is 373 g/mol. The van der Waals surface area contributed by atoms with Crippen LogP contribution in [0, 0.1) is 5.82 Å². The predicted octanol–water partition coefficient (Wildman–Crippen LogP) is 2.56. The minimum atomic E-state index is -0.860. The number of β-amino-alcohol motifs (C(OH)–C–C–N with tert-alkyl or cyclic N) is 1. The maximum Gasteiger partial charge on any atom is 0.255 e. The van der Waals surface area contributed by atoms with E-state index in [1.54, 1.807) is 29.0 Å². The Kier molecular flexibility index (Phi) is 4.87. The third-order valence-electron chi connectivity index (χ3n) is 5.36. The van der Waals surface area contributed by atoms with Gasteiger partial charge >= 0.3 is 0 Å². The van der Waals surface area contributed by atoms with Crippen molar-refractivity contribution in [1.29, 1.82) is 0 Å². The normalized spacial score (nSPS) is 16.3. The number of fused-ring (bicyclic) bond motifs is 1. The van der Waals surface area contributed by atoms with Gasteiger partial charge in [-0.1, -0.05) is 12.1 Å². The van der Waals surface area contributed by atoms with Gasteiger partial charge < -0.3 is 10.0 Å². The molecular formula is C21H22FN5O2. The summed E-state index contributed by atoms with van der Waals surface area (Å²) in [7, 11) is 0. The molecule has 3 heterocycles. The van der Waals surface area contributed by atoms with E-state index in [-0.39, 0.29) is 23.5 Å². The average molecular weight is 395 g/mol. The van der Waals surface area contributed by atoms with E-state index in [0.29, 0.717) is 29.4 Å². The molecule has 8 heteroatoms. The first-order chi connectivity index (χ1) is 13.8. The van der Waals surface area contributed by atoms with Gasteiger partial charge in [0.15, 0.2) is 0 Å². The molecule has 0 saturated heterocycles. The number of aromatic nitrogens is 4. The number of hydrogen-bond donors (Lipinski definition) is 1. The fourth-order valence-corrected chi connectivity index (χ4v) is 3.57. The van der Waals surface area contributed by atoms with Crippen molar-refractivity contribution in [3.63, 3.8) is 0 Å². The molecule has 0 saturated carbocycles. The fraction of sp³-hybridized carbons (Fsp3) is 0.333. The molecule has 1 atom stereocenters. The zero-order valence-corrected chi connectivity index (χ0v) is 16.3. The van der Waals surface area contributed by atoms with Crippen LogP contribution in [-0.2, 0) is 6.54 Å². The van der Waals surface area contributed by atoms with Gasteiger partial charge in [-0.25, -0.2) is 19.3 Å². The lowest BCUT2D eigenvalue weighted by atomic mass is 9.95. The van der Waals surface area contributed by atoms with Crippen LogP contribution in [0.2, 0.25) is 0 Å².